The Morgan fingerprint density at radius 1 is 0.750 bits per heavy atom. The Morgan fingerprint density at radius 3 is 1.88 bits per heavy atom. The zero-order valence-corrected chi connectivity index (χ0v) is 11.5. The van der Waals surface area contributed by atoms with Crippen molar-refractivity contribution in [2.75, 3.05) is 0 Å². The highest BCUT2D eigenvalue weighted by molar-refractivity contribution is 4.82. The molecular weight excluding hydrogens is 192 g/mol. The van der Waals surface area contributed by atoms with Gasteiger partial charge in [-0.2, -0.15) is 0 Å². The van der Waals surface area contributed by atoms with E-state index in [1.165, 1.54) is 51.4 Å². The molecule has 3 unspecified atom stereocenters. The second-order valence-corrected chi connectivity index (χ2v) is 6.93. The van der Waals surface area contributed by atoms with Crippen LogP contribution in [0.5, 0.6) is 0 Å². The molecule has 0 heterocycles. The topological polar surface area (TPSA) is 0 Å². The lowest BCUT2D eigenvalue weighted by Gasteiger charge is -2.39. The molecule has 2 aliphatic rings. The van der Waals surface area contributed by atoms with Crippen LogP contribution in [0.4, 0.5) is 0 Å². The van der Waals surface area contributed by atoms with Gasteiger partial charge in [-0.25, -0.2) is 0 Å². The minimum Gasteiger partial charge on any atom is -0.0625 e. The smallest absolute Gasteiger partial charge is 0.0381 e. The first-order valence-electron chi connectivity index (χ1n) is 7.66. The average Bonchev–Trinajstić information content (AvgIpc) is 2.28. The van der Waals surface area contributed by atoms with Crippen molar-refractivity contribution in [3.05, 3.63) is 0 Å². The van der Waals surface area contributed by atoms with Crippen molar-refractivity contribution in [1.29, 1.82) is 0 Å². The summed E-state index contributed by atoms with van der Waals surface area (Å²) in [6, 6.07) is 0. The maximum Gasteiger partial charge on any atom is -0.0381 e. The van der Waals surface area contributed by atoms with Crippen molar-refractivity contribution in [3.63, 3.8) is 0 Å². The molecule has 0 aromatic heterocycles. The summed E-state index contributed by atoms with van der Waals surface area (Å²) < 4.78 is 0. The third-order valence-electron chi connectivity index (χ3n) is 5.35. The average molecular weight is 222 g/mol. The van der Waals surface area contributed by atoms with Crippen LogP contribution in [0, 0.1) is 29.6 Å². The van der Waals surface area contributed by atoms with Crippen LogP contribution in [-0.2, 0) is 0 Å². The lowest BCUT2D eigenvalue weighted by Crippen LogP contribution is -2.29. The molecule has 0 aromatic rings. The lowest BCUT2D eigenvalue weighted by molar-refractivity contribution is 0.112. The van der Waals surface area contributed by atoms with E-state index in [0.717, 1.165) is 29.6 Å². The highest BCUT2D eigenvalue weighted by atomic mass is 14.4. The van der Waals surface area contributed by atoms with Crippen LogP contribution in [-0.4, -0.2) is 0 Å². The van der Waals surface area contributed by atoms with Gasteiger partial charge in [0.2, 0.25) is 0 Å². The van der Waals surface area contributed by atoms with Gasteiger partial charge in [0, 0.05) is 0 Å². The molecule has 3 atom stereocenters. The van der Waals surface area contributed by atoms with Gasteiger partial charge in [0.15, 0.2) is 0 Å². The molecule has 16 heavy (non-hydrogen) atoms. The second kappa shape index (κ2) is 5.56. The Hall–Kier alpha value is 0. The normalized spacial score (nSPS) is 39.6. The quantitative estimate of drug-likeness (QED) is 0.596. The molecule has 0 aromatic carbocycles. The first kappa shape index (κ1) is 12.5. The molecule has 2 saturated carbocycles. The minimum absolute atomic E-state index is 0.986. The molecule has 0 nitrogen and oxygen atoms in total. The summed E-state index contributed by atoms with van der Waals surface area (Å²) in [7, 11) is 0. The van der Waals surface area contributed by atoms with Gasteiger partial charge < -0.3 is 0 Å². The zero-order valence-electron chi connectivity index (χ0n) is 11.5. The molecule has 94 valence electrons. The van der Waals surface area contributed by atoms with Crippen LogP contribution in [0.2, 0.25) is 0 Å². The van der Waals surface area contributed by atoms with Crippen molar-refractivity contribution in [2.45, 2.75) is 72.1 Å². The summed E-state index contributed by atoms with van der Waals surface area (Å²) in [5, 5.41) is 0. The lowest BCUT2D eigenvalue weighted by atomic mass is 9.66. The van der Waals surface area contributed by atoms with E-state index in [0.29, 0.717) is 0 Å². The standard InChI is InChI=1S/C16H30/c1-12-9-13(2)11-16(10-12)14(3)15-7-5-4-6-8-15/h12-16H,4-11H2,1-3H3. The summed E-state index contributed by atoms with van der Waals surface area (Å²) >= 11 is 0. The van der Waals surface area contributed by atoms with Crippen LogP contribution in [0.3, 0.4) is 0 Å². The van der Waals surface area contributed by atoms with Gasteiger partial charge in [-0.05, 0) is 48.9 Å². The van der Waals surface area contributed by atoms with E-state index >= 15 is 0 Å². The van der Waals surface area contributed by atoms with Crippen LogP contribution in [0.1, 0.15) is 72.1 Å². The van der Waals surface area contributed by atoms with E-state index in [4.69, 9.17) is 0 Å². The molecule has 0 aliphatic heterocycles. The van der Waals surface area contributed by atoms with E-state index < -0.39 is 0 Å². The summed E-state index contributed by atoms with van der Waals surface area (Å²) in [6.45, 7) is 7.50. The van der Waals surface area contributed by atoms with Crippen LogP contribution >= 0.6 is 0 Å². The van der Waals surface area contributed by atoms with Crippen molar-refractivity contribution < 1.29 is 0 Å². The van der Waals surface area contributed by atoms with E-state index in [9.17, 15) is 0 Å². The molecular formula is C16H30. The maximum absolute atomic E-state index is 2.56. The van der Waals surface area contributed by atoms with Gasteiger partial charge in [0.25, 0.3) is 0 Å². The molecule has 0 heteroatoms. The molecule has 0 bridgehead atoms. The molecule has 0 N–H and O–H groups in total. The fourth-order valence-electron chi connectivity index (χ4n) is 4.48. The van der Waals surface area contributed by atoms with Crippen molar-refractivity contribution >= 4 is 0 Å². The summed E-state index contributed by atoms with van der Waals surface area (Å²) in [5.74, 6) is 5.09. The highest BCUT2D eigenvalue weighted by Crippen LogP contribution is 2.42. The van der Waals surface area contributed by atoms with Crippen LogP contribution in [0.25, 0.3) is 0 Å². The highest BCUT2D eigenvalue weighted by Gasteiger charge is 2.32. The summed E-state index contributed by atoms with van der Waals surface area (Å²) in [6.07, 6.45) is 12.1. The summed E-state index contributed by atoms with van der Waals surface area (Å²) in [4.78, 5) is 0. The first-order chi connectivity index (χ1) is 7.66. The van der Waals surface area contributed by atoms with Gasteiger partial charge in [-0.15, -0.1) is 0 Å². The van der Waals surface area contributed by atoms with Crippen LogP contribution < -0.4 is 0 Å². The molecule has 0 radical (unpaired) electrons. The van der Waals surface area contributed by atoms with E-state index in [1.807, 2.05) is 0 Å². The van der Waals surface area contributed by atoms with E-state index in [2.05, 4.69) is 20.8 Å². The van der Waals surface area contributed by atoms with Crippen molar-refractivity contribution in [3.8, 4) is 0 Å². The molecule has 2 rings (SSSR count). The number of rotatable bonds is 2. The Morgan fingerprint density at radius 2 is 1.31 bits per heavy atom. The Balaban J connectivity index is 1.89. The molecule has 0 spiro atoms. The Kier molecular flexibility index (Phi) is 4.33. The second-order valence-electron chi connectivity index (χ2n) is 6.93. The van der Waals surface area contributed by atoms with Gasteiger partial charge in [0.05, 0.1) is 0 Å². The van der Waals surface area contributed by atoms with E-state index in [1.54, 1.807) is 0 Å². The van der Waals surface area contributed by atoms with E-state index in [-0.39, 0.29) is 0 Å². The fourth-order valence-corrected chi connectivity index (χ4v) is 4.48. The molecule has 0 amide bonds. The third-order valence-corrected chi connectivity index (χ3v) is 5.35. The Labute approximate surface area is 102 Å². The zero-order chi connectivity index (χ0) is 11.5. The maximum atomic E-state index is 2.56. The molecule has 0 saturated heterocycles. The Bertz CT molecular complexity index is 192. The van der Waals surface area contributed by atoms with Gasteiger partial charge in [0.1, 0.15) is 0 Å². The summed E-state index contributed by atoms with van der Waals surface area (Å²) in [5.41, 5.74) is 0. The molecule has 2 fully saturated rings. The predicted molar refractivity (Wildman–Crippen MR) is 71.4 cm³/mol. The fraction of sp³-hybridized carbons (Fsp3) is 1.00. The van der Waals surface area contributed by atoms with Crippen molar-refractivity contribution in [1.82, 2.24) is 0 Å². The van der Waals surface area contributed by atoms with Gasteiger partial charge >= 0.3 is 0 Å². The van der Waals surface area contributed by atoms with Gasteiger partial charge in [-0.1, -0.05) is 52.9 Å². The number of hydrogen-bond donors (Lipinski definition) is 0. The van der Waals surface area contributed by atoms with Gasteiger partial charge in [-0.3, -0.25) is 0 Å². The first-order valence-corrected chi connectivity index (χ1v) is 7.66. The largest absolute Gasteiger partial charge is 0.0625 e. The molecule has 2 aliphatic carbocycles. The minimum atomic E-state index is 0.986. The van der Waals surface area contributed by atoms with Crippen LogP contribution in [0.15, 0.2) is 0 Å². The number of hydrogen-bond acceptors (Lipinski definition) is 0. The van der Waals surface area contributed by atoms with Crippen molar-refractivity contribution in [2.24, 2.45) is 29.6 Å². The monoisotopic (exact) mass is 222 g/mol. The predicted octanol–water partition coefficient (Wildman–Crippen LogP) is 5.28. The SMILES string of the molecule is CC1CC(C)CC(C(C)C2CCCCC2)C1. The third kappa shape index (κ3) is 3.02.